The Balaban J connectivity index is 1.85. The number of rotatable bonds is 5. The Bertz CT molecular complexity index is 470. The van der Waals surface area contributed by atoms with Gasteiger partial charge in [-0.1, -0.05) is 6.07 Å². The van der Waals surface area contributed by atoms with Crippen molar-refractivity contribution in [2.75, 3.05) is 13.1 Å². The number of non-ortho nitro benzene ring substituents is 1. The Morgan fingerprint density at radius 2 is 2.37 bits per heavy atom. The highest BCUT2D eigenvalue weighted by Crippen LogP contribution is 2.13. The molecule has 1 aromatic rings. The number of amides is 1. The van der Waals surface area contributed by atoms with Crippen molar-refractivity contribution in [2.45, 2.75) is 25.3 Å². The number of nitro benzene ring substituents is 1. The molecule has 0 aromatic heterocycles. The standard InChI is InChI=1S/C13H17N3O3/c17-13(15-8-6-11-4-2-7-14-11)10-3-1-5-12(9-10)16(18)19/h1,3,5,9,11,14H,2,4,6-8H2,(H,15,17). The molecule has 2 rings (SSSR count). The number of nitrogens with one attached hydrogen (secondary N) is 2. The molecule has 1 aliphatic heterocycles. The summed E-state index contributed by atoms with van der Waals surface area (Å²) in [5.74, 6) is -0.262. The molecule has 1 aliphatic rings. The minimum Gasteiger partial charge on any atom is -0.352 e. The predicted octanol–water partition coefficient (Wildman–Crippen LogP) is 1.47. The Morgan fingerprint density at radius 1 is 1.53 bits per heavy atom. The molecular formula is C13H17N3O3. The second-order valence-electron chi connectivity index (χ2n) is 4.65. The molecule has 6 nitrogen and oxygen atoms in total. The number of carbonyl (C=O) groups excluding carboxylic acids is 1. The van der Waals surface area contributed by atoms with Crippen LogP contribution in [0.4, 0.5) is 5.69 Å². The summed E-state index contributed by atoms with van der Waals surface area (Å²) in [5, 5.41) is 16.8. The van der Waals surface area contributed by atoms with Crippen molar-refractivity contribution in [3.05, 3.63) is 39.9 Å². The van der Waals surface area contributed by atoms with Crippen LogP contribution in [0.15, 0.2) is 24.3 Å². The van der Waals surface area contributed by atoms with Crippen LogP contribution < -0.4 is 10.6 Å². The van der Waals surface area contributed by atoms with Gasteiger partial charge in [0, 0.05) is 30.3 Å². The van der Waals surface area contributed by atoms with Crippen LogP contribution in [0.25, 0.3) is 0 Å². The molecule has 0 radical (unpaired) electrons. The predicted molar refractivity (Wildman–Crippen MR) is 71.1 cm³/mol. The van der Waals surface area contributed by atoms with Gasteiger partial charge in [-0.25, -0.2) is 0 Å². The molecule has 19 heavy (non-hydrogen) atoms. The molecule has 1 fully saturated rings. The van der Waals surface area contributed by atoms with Crippen molar-refractivity contribution in [1.82, 2.24) is 10.6 Å². The molecule has 102 valence electrons. The molecular weight excluding hydrogens is 246 g/mol. The lowest BCUT2D eigenvalue weighted by Crippen LogP contribution is -2.30. The SMILES string of the molecule is O=C(NCCC1CCCN1)c1cccc([N+](=O)[O-])c1. The van der Waals surface area contributed by atoms with E-state index in [1.165, 1.54) is 24.6 Å². The first-order valence-corrected chi connectivity index (χ1v) is 6.43. The number of carbonyl (C=O) groups is 1. The quantitative estimate of drug-likeness (QED) is 0.622. The highest BCUT2D eigenvalue weighted by atomic mass is 16.6. The Hall–Kier alpha value is -1.95. The molecule has 0 aliphatic carbocycles. The lowest BCUT2D eigenvalue weighted by atomic mass is 10.1. The molecule has 1 aromatic carbocycles. The largest absolute Gasteiger partial charge is 0.352 e. The zero-order valence-corrected chi connectivity index (χ0v) is 10.6. The zero-order chi connectivity index (χ0) is 13.7. The van der Waals surface area contributed by atoms with Gasteiger partial charge in [0.2, 0.25) is 0 Å². The number of nitrogens with zero attached hydrogens (tertiary/aromatic N) is 1. The van der Waals surface area contributed by atoms with E-state index in [9.17, 15) is 14.9 Å². The van der Waals surface area contributed by atoms with E-state index in [0.717, 1.165) is 19.4 Å². The van der Waals surface area contributed by atoms with Crippen molar-refractivity contribution in [1.29, 1.82) is 0 Å². The first kappa shape index (κ1) is 13.5. The van der Waals surface area contributed by atoms with E-state index in [2.05, 4.69) is 10.6 Å². The third-order valence-electron chi connectivity index (χ3n) is 3.26. The molecule has 1 unspecified atom stereocenters. The second kappa shape index (κ2) is 6.29. The van der Waals surface area contributed by atoms with Gasteiger partial charge in [-0.3, -0.25) is 14.9 Å². The summed E-state index contributed by atoms with van der Waals surface area (Å²) in [6.45, 7) is 1.63. The van der Waals surface area contributed by atoms with E-state index in [1.807, 2.05) is 0 Å². The normalized spacial score (nSPS) is 18.2. The van der Waals surface area contributed by atoms with Gasteiger partial charge in [-0.05, 0) is 31.9 Å². The molecule has 6 heteroatoms. The van der Waals surface area contributed by atoms with E-state index in [1.54, 1.807) is 6.07 Å². The van der Waals surface area contributed by atoms with Crippen molar-refractivity contribution in [2.24, 2.45) is 0 Å². The summed E-state index contributed by atoms with van der Waals surface area (Å²) >= 11 is 0. The van der Waals surface area contributed by atoms with Crippen LogP contribution in [0.1, 0.15) is 29.6 Å². The summed E-state index contributed by atoms with van der Waals surface area (Å²) in [4.78, 5) is 22.0. The smallest absolute Gasteiger partial charge is 0.270 e. The average molecular weight is 263 g/mol. The van der Waals surface area contributed by atoms with Crippen LogP contribution in [-0.2, 0) is 0 Å². The van der Waals surface area contributed by atoms with Gasteiger partial charge in [0.1, 0.15) is 0 Å². The summed E-state index contributed by atoms with van der Waals surface area (Å²) in [7, 11) is 0. The van der Waals surface area contributed by atoms with Gasteiger partial charge in [0.05, 0.1) is 4.92 Å². The highest BCUT2D eigenvalue weighted by molar-refractivity contribution is 5.94. The molecule has 0 bridgehead atoms. The fraction of sp³-hybridized carbons (Fsp3) is 0.462. The van der Waals surface area contributed by atoms with E-state index in [-0.39, 0.29) is 11.6 Å². The van der Waals surface area contributed by atoms with Crippen LogP contribution in [0.3, 0.4) is 0 Å². The average Bonchev–Trinajstić information content (AvgIpc) is 2.92. The molecule has 1 saturated heterocycles. The summed E-state index contributed by atoms with van der Waals surface area (Å²) in [5.41, 5.74) is 0.263. The van der Waals surface area contributed by atoms with Gasteiger partial charge in [-0.2, -0.15) is 0 Å². The van der Waals surface area contributed by atoms with Gasteiger partial charge < -0.3 is 10.6 Å². The Morgan fingerprint density at radius 3 is 3.05 bits per heavy atom. The number of benzene rings is 1. The van der Waals surface area contributed by atoms with E-state index in [4.69, 9.17) is 0 Å². The second-order valence-corrected chi connectivity index (χ2v) is 4.65. The van der Waals surface area contributed by atoms with Gasteiger partial charge in [0.15, 0.2) is 0 Å². The first-order valence-electron chi connectivity index (χ1n) is 6.43. The fourth-order valence-electron chi connectivity index (χ4n) is 2.23. The molecule has 1 amide bonds. The Labute approximate surface area is 111 Å². The van der Waals surface area contributed by atoms with Crippen molar-refractivity contribution >= 4 is 11.6 Å². The minimum absolute atomic E-state index is 0.0647. The van der Waals surface area contributed by atoms with Crippen molar-refractivity contribution in [3.8, 4) is 0 Å². The van der Waals surface area contributed by atoms with Crippen LogP contribution in [0.2, 0.25) is 0 Å². The summed E-state index contributed by atoms with van der Waals surface area (Å²) in [6.07, 6.45) is 3.22. The lowest BCUT2D eigenvalue weighted by Gasteiger charge is -2.10. The number of nitro groups is 1. The fourth-order valence-corrected chi connectivity index (χ4v) is 2.23. The van der Waals surface area contributed by atoms with Crippen LogP contribution in [0, 0.1) is 10.1 Å². The number of hydrogen-bond donors (Lipinski definition) is 2. The molecule has 1 atom stereocenters. The van der Waals surface area contributed by atoms with Crippen LogP contribution in [0.5, 0.6) is 0 Å². The first-order chi connectivity index (χ1) is 9.16. The topological polar surface area (TPSA) is 84.3 Å². The van der Waals surface area contributed by atoms with Crippen LogP contribution in [-0.4, -0.2) is 30.0 Å². The monoisotopic (exact) mass is 263 g/mol. The summed E-state index contributed by atoms with van der Waals surface area (Å²) in [6, 6.07) is 6.25. The maximum absolute atomic E-state index is 11.8. The molecule has 0 spiro atoms. The maximum atomic E-state index is 11.8. The van der Waals surface area contributed by atoms with Gasteiger partial charge in [0.25, 0.3) is 11.6 Å². The van der Waals surface area contributed by atoms with E-state index < -0.39 is 4.92 Å². The third-order valence-corrected chi connectivity index (χ3v) is 3.26. The van der Waals surface area contributed by atoms with Gasteiger partial charge >= 0.3 is 0 Å². The lowest BCUT2D eigenvalue weighted by molar-refractivity contribution is -0.384. The summed E-state index contributed by atoms with van der Waals surface area (Å²) < 4.78 is 0. The molecule has 2 N–H and O–H groups in total. The number of hydrogen-bond acceptors (Lipinski definition) is 4. The molecule has 0 saturated carbocycles. The maximum Gasteiger partial charge on any atom is 0.270 e. The van der Waals surface area contributed by atoms with Crippen LogP contribution >= 0.6 is 0 Å². The minimum atomic E-state index is -0.501. The van der Waals surface area contributed by atoms with E-state index in [0.29, 0.717) is 18.2 Å². The Kier molecular flexibility index (Phi) is 4.46. The van der Waals surface area contributed by atoms with Crippen molar-refractivity contribution < 1.29 is 9.72 Å². The zero-order valence-electron chi connectivity index (χ0n) is 10.6. The van der Waals surface area contributed by atoms with E-state index >= 15 is 0 Å². The highest BCUT2D eigenvalue weighted by Gasteiger charge is 2.15. The third kappa shape index (κ3) is 3.75. The molecule has 1 heterocycles. The van der Waals surface area contributed by atoms with Crippen molar-refractivity contribution in [3.63, 3.8) is 0 Å². The van der Waals surface area contributed by atoms with Gasteiger partial charge in [-0.15, -0.1) is 0 Å².